The van der Waals surface area contributed by atoms with Crippen molar-refractivity contribution in [3.63, 3.8) is 0 Å². The van der Waals surface area contributed by atoms with Crippen LogP contribution < -0.4 is 9.64 Å². The van der Waals surface area contributed by atoms with Crippen molar-refractivity contribution in [1.29, 1.82) is 0 Å². The van der Waals surface area contributed by atoms with E-state index in [0.717, 1.165) is 11.3 Å². The standard InChI is InChI=1S/C18H17NO4/c1-12-2-6-15(7-3-12)23-16-8-4-14(5-9-16)19-11-13(18(21)22)10-17(19)20/h2-9,13H,10-11H2,1H3,(H,21,22)/t13-/m0/s1. The zero-order valence-electron chi connectivity index (χ0n) is 12.7. The van der Waals surface area contributed by atoms with Crippen molar-refractivity contribution < 1.29 is 19.4 Å². The number of ether oxygens (including phenoxy) is 1. The molecule has 5 nitrogen and oxygen atoms in total. The van der Waals surface area contributed by atoms with Crippen LogP contribution in [0.2, 0.25) is 0 Å². The van der Waals surface area contributed by atoms with E-state index in [9.17, 15) is 9.59 Å². The third-order valence-corrected chi connectivity index (χ3v) is 3.88. The molecule has 2 aromatic rings. The summed E-state index contributed by atoms with van der Waals surface area (Å²) in [5, 5.41) is 9.02. The van der Waals surface area contributed by atoms with Crippen LogP contribution in [-0.2, 0) is 9.59 Å². The average molecular weight is 311 g/mol. The van der Waals surface area contributed by atoms with Crippen LogP contribution in [0.15, 0.2) is 48.5 Å². The fourth-order valence-electron chi connectivity index (χ4n) is 2.56. The van der Waals surface area contributed by atoms with Gasteiger partial charge in [-0.15, -0.1) is 0 Å². The minimum Gasteiger partial charge on any atom is -0.481 e. The van der Waals surface area contributed by atoms with Gasteiger partial charge in [0.1, 0.15) is 11.5 Å². The minimum atomic E-state index is -0.930. The highest BCUT2D eigenvalue weighted by molar-refractivity contribution is 5.99. The molecule has 118 valence electrons. The Balaban J connectivity index is 1.71. The number of amides is 1. The van der Waals surface area contributed by atoms with Gasteiger partial charge in [-0.3, -0.25) is 9.59 Å². The number of carbonyl (C=O) groups excluding carboxylic acids is 1. The highest BCUT2D eigenvalue weighted by Gasteiger charge is 2.34. The topological polar surface area (TPSA) is 66.8 Å². The van der Waals surface area contributed by atoms with Gasteiger partial charge in [-0.25, -0.2) is 0 Å². The lowest BCUT2D eigenvalue weighted by Gasteiger charge is -2.16. The highest BCUT2D eigenvalue weighted by atomic mass is 16.5. The van der Waals surface area contributed by atoms with Crippen molar-refractivity contribution in [2.75, 3.05) is 11.4 Å². The number of aliphatic carboxylic acids is 1. The molecule has 0 unspecified atom stereocenters. The van der Waals surface area contributed by atoms with E-state index in [1.807, 2.05) is 31.2 Å². The van der Waals surface area contributed by atoms with Crippen molar-refractivity contribution in [2.45, 2.75) is 13.3 Å². The zero-order chi connectivity index (χ0) is 16.4. The van der Waals surface area contributed by atoms with E-state index in [-0.39, 0.29) is 18.9 Å². The molecule has 1 N–H and O–H groups in total. The molecule has 1 fully saturated rings. The predicted octanol–water partition coefficient (Wildman–Crippen LogP) is 3.22. The molecule has 1 aliphatic heterocycles. The summed E-state index contributed by atoms with van der Waals surface area (Å²) in [7, 11) is 0. The number of carbonyl (C=O) groups is 2. The van der Waals surface area contributed by atoms with E-state index in [1.54, 1.807) is 24.3 Å². The summed E-state index contributed by atoms with van der Waals surface area (Å²) >= 11 is 0. The first-order chi connectivity index (χ1) is 11.0. The molecule has 0 saturated carbocycles. The van der Waals surface area contributed by atoms with E-state index in [0.29, 0.717) is 11.4 Å². The number of hydrogen-bond donors (Lipinski definition) is 1. The predicted molar refractivity (Wildman–Crippen MR) is 85.8 cm³/mol. The Hall–Kier alpha value is -2.82. The number of anilines is 1. The summed E-state index contributed by atoms with van der Waals surface area (Å²) in [6, 6.07) is 14.8. The van der Waals surface area contributed by atoms with E-state index < -0.39 is 11.9 Å². The van der Waals surface area contributed by atoms with Crippen LogP contribution in [0.25, 0.3) is 0 Å². The molecule has 23 heavy (non-hydrogen) atoms. The summed E-state index contributed by atoms with van der Waals surface area (Å²) in [5.41, 5.74) is 1.85. The maximum absolute atomic E-state index is 11.9. The molecule has 3 rings (SSSR count). The van der Waals surface area contributed by atoms with Gasteiger partial charge in [0.05, 0.1) is 5.92 Å². The Morgan fingerprint density at radius 2 is 1.65 bits per heavy atom. The number of carboxylic acid groups (broad SMARTS) is 1. The fourth-order valence-corrected chi connectivity index (χ4v) is 2.56. The maximum atomic E-state index is 11.9. The Morgan fingerprint density at radius 1 is 1.09 bits per heavy atom. The number of nitrogens with zero attached hydrogens (tertiary/aromatic N) is 1. The smallest absolute Gasteiger partial charge is 0.308 e. The molecular formula is C18H17NO4. The van der Waals surface area contributed by atoms with Crippen molar-refractivity contribution in [1.82, 2.24) is 0 Å². The summed E-state index contributed by atoms with van der Waals surface area (Å²) in [5.74, 6) is -0.318. The van der Waals surface area contributed by atoms with E-state index >= 15 is 0 Å². The second-order valence-electron chi connectivity index (χ2n) is 5.65. The Morgan fingerprint density at radius 3 is 2.17 bits per heavy atom. The molecule has 0 aliphatic carbocycles. The van der Waals surface area contributed by atoms with Gasteiger partial charge < -0.3 is 14.7 Å². The van der Waals surface area contributed by atoms with Gasteiger partial charge in [-0.1, -0.05) is 17.7 Å². The Labute approximate surface area is 134 Å². The molecule has 1 heterocycles. The molecule has 1 atom stereocenters. The van der Waals surface area contributed by atoms with Gasteiger partial charge in [-0.2, -0.15) is 0 Å². The van der Waals surface area contributed by atoms with Crippen molar-refractivity contribution >= 4 is 17.6 Å². The normalized spacial score (nSPS) is 17.3. The molecule has 0 bridgehead atoms. The number of carboxylic acids is 1. The first kappa shape index (κ1) is 15.1. The monoisotopic (exact) mass is 311 g/mol. The van der Waals surface area contributed by atoms with Crippen molar-refractivity contribution in [2.24, 2.45) is 5.92 Å². The third-order valence-electron chi connectivity index (χ3n) is 3.88. The molecule has 0 spiro atoms. The van der Waals surface area contributed by atoms with Gasteiger partial charge in [0.25, 0.3) is 0 Å². The van der Waals surface area contributed by atoms with Crippen LogP contribution in [0.5, 0.6) is 11.5 Å². The van der Waals surface area contributed by atoms with Crippen LogP contribution in [0.1, 0.15) is 12.0 Å². The molecule has 0 radical (unpaired) electrons. The van der Waals surface area contributed by atoms with Crippen LogP contribution in [0, 0.1) is 12.8 Å². The van der Waals surface area contributed by atoms with Crippen molar-refractivity contribution in [3.05, 3.63) is 54.1 Å². The van der Waals surface area contributed by atoms with Gasteiger partial charge in [0.2, 0.25) is 5.91 Å². The SMILES string of the molecule is Cc1ccc(Oc2ccc(N3C[C@@H](C(=O)O)CC3=O)cc2)cc1. The fraction of sp³-hybridized carbons (Fsp3) is 0.222. The second-order valence-corrected chi connectivity index (χ2v) is 5.65. The molecule has 1 amide bonds. The molecule has 1 saturated heterocycles. The molecule has 5 heteroatoms. The maximum Gasteiger partial charge on any atom is 0.308 e. The van der Waals surface area contributed by atoms with Crippen LogP contribution in [0.4, 0.5) is 5.69 Å². The van der Waals surface area contributed by atoms with Crippen LogP contribution in [-0.4, -0.2) is 23.5 Å². The number of aryl methyl sites for hydroxylation is 1. The zero-order valence-corrected chi connectivity index (χ0v) is 12.7. The first-order valence-electron chi connectivity index (χ1n) is 7.41. The molecule has 0 aromatic heterocycles. The second kappa shape index (κ2) is 6.12. The summed E-state index contributed by atoms with van der Waals surface area (Å²) in [4.78, 5) is 24.4. The van der Waals surface area contributed by atoms with Gasteiger partial charge in [0.15, 0.2) is 0 Å². The minimum absolute atomic E-state index is 0.0525. The van der Waals surface area contributed by atoms with Gasteiger partial charge >= 0.3 is 5.97 Å². The summed E-state index contributed by atoms with van der Waals surface area (Å²) < 4.78 is 5.74. The Bertz CT molecular complexity index is 722. The highest BCUT2D eigenvalue weighted by Crippen LogP contribution is 2.28. The lowest BCUT2D eigenvalue weighted by atomic mass is 10.1. The van der Waals surface area contributed by atoms with E-state index in [2.05, 4.69) is 0 Å². The van der Waals surface area contributed by atoms with E-state index in [4.69, 9.17) is 9.84 Å². The van der Waals surface area contributed by atoms with Crippen molar-refractivity contribution in [3.8, 4) is 11.5 Å². The molecule has 2 aromatic carbocycles. The van der Waals surface area contributed by atoms with Gasteiger partial charge in [-0.05, 0) is 43.3 Å². The summed E-state index contributed by atoms with van der Waals surface area (Å²) in [6.07, 6.45) is 0.0525. The molecule has 1 aliphatic rings. The lowest BCUT2D eigenvalue weighted by molar-refractivity contribution is -0.141. The van der Waals surface area contributed by atoms with Gasteiger partial charge in [0, 0.05) is 18.7 Å². The van der Waals surface area contributed by atoms with Crippen LogP contribution in [0.3, 0.4) is 0 Å². The van der Waals surface area contributed by atoms with E-state index in [1.165, 1.54) is 4.90 Å². The number of rotatable bonds is 4. The van der Waals surface area contributed by atoms with Crippen LogP contribution >= 0.6 is 0 Å². The first-order valence-corrected chi connectivity index (χ1v) is 7.41. The quantitative estimate of drug-likeness (QED) is 0.941. The number of hydrogen-bond acceptors (Lipinski definition) is 3. The number of benzene rings is 2. The third kappa shape index (κ3) is 3.34. The Kier molecular flexibility index (Phi) is 4.02. The lowest BCUT2D eigenvalue weighted by Crippen LogP contribution is -2.25. The average Bonchev–Trinajstić information content (AvgIpc) is 2.93. The largest absolute Gasteiger partial charge is 0.481 e. The summed E-state index contributed by atoms with van der Waals surface area (Å²) in [6.45, 7) is 2.22. The molecular weight excluding hydrogens is 294 g/mol.